The lowest BCUT2D eigenvalue weighted by Gasteiger charge is -2.06. The third kappa shape index (κ3) is 4.91. The van der Waals surface area contributed by atoms with Crippen molar-refractivity contribution in [3.05, 3.63) is 47.8 Å². The van der Waals surface area contributed by atoms with E-state index < -0.39 is 0 Å². The van der Waals surface area contributed by atoms with Crippen LogP contribution in [-0.2, 0) is 6.54 Å². The number of rotatable bonds is 7. The van der Waals surface area contributed by atoms with Gasteiger partial charge in [-0.3, -0.25) is 4.79 Å². The SMILES string of the molecule is C=C(C)CNc1ccc(C(=O)NCc2noc(C(C)C)n2)cn1. The summed E-state index contributed by atoms with van der Waals surface area (Å²) in [6.45, 7) is 10.5. The van der Waals surface area contributed by atoms with Crippen molar-refractivity contribution in [2.75, 3.05) is 11.9 Å². The van der Waals surface area contributed by atoms with Crippen molar-refractivity contribution in [3.63, 3.8) is 0 Å². The largest absolute Gasteiger partial charge is 0.366 e. The number of nitrogens with one attached hydrogen (secondary N) is 2. The molecule has 1 amide bonds. The van der Waals surface area contributed by atoms with Gasteiger partial charge >= 0.3 is 0 Å². The maximum atomic E-state index is 12.1. The summed E-state index contributed by atoms with van der Waals surface area (Å²) in [5, 5.41) is 9.67. The number of hydrogen-bond acceptors (Lipinski definition) is 6. The zero-order chi connectivity index (χ0) is 16.8. The van der Waals surface area contributed by atoms with Crippen molar-refractivity contribution < 1.29 is 9.32 Å². The summed E-state index contributed by atoms with van der Waals surface area (Å²) in [6, 6.07) is 3.46. The Bertz CT molecular complexity index is 676. The second-order valence-corrected chi connectivity index (χ2v) is 5.63. The Balaban J connectivity index is 1.88. The maximum absolute atomic E-state index is 12.1. The Morgan fingerprint density at radius 2 is 2.17 bits per heavy atom. The van der Waals surface area contributed by atoms with Crippen molar-refractivity contribution in [1.29, 1.82) is 0 Å². The molecule has 0 aliphatic carbocycles. The van der Waals surface area contributed by atoms with Gasteiger partial charge in [-0.1, -0.05) is 31.2 Å². The summed E-state index contributed by atoms with van der Waals surface area (Å²) in [6.07, 6.45) is 1.52. The smallest absolute Gasteiger partial charge is 0.253 e. The zero-order valence-corrected chi connectivity index (χ0v) is 13.6. The van der Waals surface area contributed by atoms with Crippen LogP contribution in [0.3, 0.4) is 0 Å². The number of hydrogen-bond donors (Lipinski definition) is 2. The van der Waals surface area contributed by atoms with Gasteiger partial charge in [0.15, 0.2) is 5.82 Å². The number of anilines is 1. The highest BCUT2D eigenvalue weighted by Gasteiger charge is 2.11. The molecule has 0 saturated heterocycles. The molecule has 2 aromatic rings. The fourth-order valence-corrected chi connectivity index (χ4v) is 1.71. The number of nitrogens with zero attached hydrogens (tertiary/aromatic N) is 3. The molecule has 0 fully saturated rings. The van der Waals surface area contributed by atoms with Crippen LogP contribution < -0.4 is 10.6 Å². The van der Waals surface area contributed by atoms with Gasteiger partial charge in [-0.2, -0.15) is 4.98 Å². The number of pyridine rings is 1. The quantitative estimate of drug-likeness (QED) is 0.763. The number of aromatic nitrogens is 3. The van der Waals surface area contributed by atoms with Gasteiger partial charge in [0.2, 0.25) is 5.89 Å². The van der Waals surface area contributed by atoms with E-state index in [9.17, 15) is 4.79 Å². The maximum Gasteiger partial charge on any atom is 0.253 e. The van der Waals surface area contributed by atoms with E-state index in [2.05, 4.69) is 32.3 Å². The van der Waals surface area contributed by atoms with Gasteiger partial charge in [-0.25, -0.2) is 4.98 Å². The standard InChI is InChI=1S/C16H21N5O2/c1-10(2)7-17-13-6-5-12(8-18-13)15(22)19-9-14-20-16(11(3)4)23-21-14/h5-6,8,11H,1,7,9H2,2-4H3,(H,17,18)(H,19,22). The first kappa shape index (κ1) is 16.7. The van der Waals surface area contributed by atoms with Gasteiger partial charge in [-0.05, 0) is 19.1 Å². The van der Waals surface area contributed by atoms with Gasteiger partial charge in [0.1, 0.15) is 5.82 Å². The molecule has 23 heavy (non-hydrogen) atoms. The van der Waals surface area contributed by atoms with Crippen molar-refractivity contribution in [1.82, 2.24) is 20.4 Å². The molecule has 0 radical (unpaired) electrons. The van der Waals surface area contributed by atoms with Gasteiger partial charge in [0.05, 0.1) is 12.1 Å². The average molecular weight is 315 g/mol. The molecule has 2 aromatic heterocycles. The molecular weight excluding hydrogens is 294 g/mol. The predicted molar refractivity (Wildman–Crippen MR) is 87.1 cm³/mol. The van der Waals surface area contributed by atoms with Crippen LogP contribution in [0.25, 0.3) is 0 Å². The molecule has 0 bridgehead atoms. The first-order chi connectivity index (χ1) is 11.0. The van der Waals surface area contributed by atoms with Crippen LogP contribution in [-0.4, -0.2) is 27.6 Å². The molecule has 122 valence electrons. The van der Waals surface area contributed by atoms with E-state index in [1.54, 1.807) is 12.1 Å². The summed E-state index contributed by atoms with van der Waals surface area (Å²) >= 11 is 0. The first-order valence-electron chi connectivity index (χ1n) is 7.40. The first-order valence-corrected chi connectivity index (χ1v) is 7.40. The van der Waals surface area contributed by atoms with E-state index in [0.717, 1.165) is 5.57 Å². The Hall–Kier alpha value is -2.70. The van der Waals surface area contributed by atoms with E-state index >= 15 is 0 Å². The number of carbonyl (C=O) groups excluding carboxylic acids is 1. The summed E-state index contributed by atoms with van der Waals surface area (Å²) in [5.74, 6) is 1.64. The van der Waals surface area contributed by atoms with Gasteiger partial charge < -0.3 is 15.2 Å². The van der Waals surface area contributed by atoms with Crippen molar-refractivity contribution >= 4 is 11.7 Å². The molecule has 0 aliphatic rings. The molecule has 0 aromatic carbocycles. The summed E-state index contributed by atoms with van der Waals surface area (Å²) in [5.41, 5.74) is 1.48. The average Bonchev–Trinajstić information content (AvgIpc) is 3.00. The molecule has 0 atom stereocenters. The van der Waals surface area contributed by atoms with Crippen molar-refractivity contribution in [3.8, 4) is 0 Å². The predicted octanol–water partition coefficient (Wildman–Crippen LogP) is 2.51. The molecule has 2 N–H and O–H groups in total. The minimum atomic E-state index is -0.236. The molecular formula is C16H21N5O2. The lowest BCUT2D eigenvalue weighted by molar-refractivity contribution is 0.0949. The third-order valence-corrected chi connectivity index (χ3v) is 2.98. The Labute approximate surface area is 135 Å². The lowest BCUT2D eigenvalue weighted by Crippen LogP contribution is -2.23. The van der Waals surface area contributed by atoms with Crippen molar-refractivity contribution in [2.24, 2.45) is 0 Å². The highest BCUT2D eigenvalue weighted by Crippen LogP contribution is 2.11. The topological polar surface area (TPSA) is 92.9 Å². The van der Waals surface area contributed by atoms with E-state index in [1.165, 1.54) is 6.20 Å². The summed E-state index contributed by atoms with van der Waals surface area (Å²) in [4.78, 5) is 20.5. The van der Waals surface area contributed by atoms with Crippen LogP contribution in [0.1, 0.15) is 48.8 Å². The molecule has 2 rings (SSSR count). The van der Waals surface area contributed by atoms with Crippen LogP contribution >= 0.6 is 0 Å². The second kappa shape index (κ2) is 7.53. The number of amides is 1. The van der Waals surface area contributed by atoms with E-state index in [0.29, 0.717) is 29.6 Å². The van der Waals surface area contributed by atoms with Gasteiger partial charge in [-0.15, -0.1) is 0 Å². The monoisotopic (exact) mass is 315 g/mol. The Morgan fingerprint density at radius 1 is 1.39 bits per heavy atom. The summed E-state index contributed by atoms with van der Waals surface area (Å²) in [7, 11) is 0. The van der Waals surface area contributed by atoms with Crippen LogP contribution in [0.4, 0.5) is 5.82 Å². The van der Waals surface area contributed by atoms with Crippen LogP contribution in [0, 0.1) is 0 Å². The highest BCUT2D eigenvalue weighted by molar-refractivity contribution is 5.93. The molecule has 0 saturated carbocycles. The minimum absolute atomic E-state index is 0.162. The van der Waals surface area contributed by atoms with Crippen LogP contribution in [0.15, 0.2) is 35.0 Å². The third-order valence-electron chi connectivity index (χ3n) is 2.98. The van der Waals surface area contributed by atoms with Crippen molar-refractivity contribution in [2.45, 2.75) is 33.2 Å². The fraction of sp³-hybridized carbons (Fsp3) is 0.375. The fourth-order valence-electron chi connectivity index (χ4n) is 1.71. The summed E-state index contributed by atoms with van der Waals surface area (Å²) < 4.78 is 5.09. The normalized spacial score (nSPS) is 10.6. The second-order valence-electron chi connectivity index (χ2n) is 5.63. The van der Waals surface area contributed by atoms with E-state index in [-0.39, 0.29) is 18.4 Å². The van der Waals surface area contributed by atoms with E-state index in [4.69, 9.17) is 4.52 Å². The molecule has 7 nitrogen and oxygen atoms in total. The molecule has 2 heterocycles. The molecule has 0 unspecified atom stereocenters. The lowest BCUT2D eigenvalue weighted by atomic mass is 10.2. The molecule has 0 spiro atoms. The molecule has 7 heteroatoms. The van der Waals surface area contributed by atoms with Crippen LogP contribution in [0.5, 0.6) is 0 Å². The Morgan fingerprint density at radius 3 is 2.74 bits per heavy atom. The Kier molecular flexibility index (Phi) is 5.46. The highest BCUT2D eigenvalue weighted by atomic mass is 16.5. The van der Waals surface area contributed by atoms with E-state index in [1.807, 2.05) is 20.8 Å². The molecule has 0 aliphatic heterocycles. The van der Waals surface area contributed by atoms with Gasteiger partial charge in [0.25, 0.3) is 5.91 Å². The number of carbonyl (C=O) groups is 1. The van der Waals surface area contributed by atoms with Gasteiger partial charge in [0, 0.05) is 18.7 Å². The zero-order valence-electron chi connectivity index (χ0n) is 13.6. The minimum Gasteiger partial charge on any atom is -0.366 e. The van der Waals surface area contributed by atoms with Crippen LogP contribution in [0.2, 0.25) is 0 Å².